The fourth-order valence-electron chi connectivity index (χ4n) is 7.87. The van der Waals surface area contributed by atoms with E-state index in [4.69, 9.17) is 28.4 Å². The molecule has 0 bridgehead atoms. The molecule has 19 nitrogen and oxygen atoms in total. The van der Waals surface area contributed by atoms with Crippen LogP contribution in [-0.2, 0) is 33.2 Å². The average Bonchev–Trinajstić information content (AvgIpc) is 3.30. The molecule has 3 fully saturated rings. The van der Waals surface area contributed by atoms with Crippen molar-refractivity contribution in [2.45, 2.75) is 221 Å². The number of unbranched alkanes of at least 4 members (excludes halogenated alkanes) is 11. The summed E-state index contributed by atoms with van der Waals surface area (Å²) in [5.41, 5.74) is 0. The summed E-state index contributed by atoms with van der Waals surface area (Å²) in [5, 5.41) is 119. The van der Waals surface area contributed by atoms with Gasteiger partial charge in [0.05, 0.1) is 38.6 Å². The number of aliphatic hydroxyl groups is 11. The van der Waals surface area contributed by atoms with Gasteiger partial charge in [-0.25, -0.2) is 0 Å². The lowest BCUT2D eigenvalue weighted by Crippen LogP contribution is -2.66. The summed E-state index contributed by atoms with van der Waals surface area (Å²) in [5.74, 6) is -0.307. The number of rotatable bonds is 31. The first-order valence-corrected chi connectivity index (χ1v) is 23.7. The summed E-state index contributed by atoms with van der Waals surface area (Å²) in [7, 11) is 0. The van der Waals surface area contributed by atoms with Crippen LogP contribution in [0, 0.1) is 0 Å². The van der Waals surface area contributed by atoms with E-state index in [0.29, 0.717) is 12.8 Å². The Morgan fingerprint density at radius 3 is 1.52 bits per heavy atom. The van der Waals surface area contributed by atoms with Gasteiger partial charge in [-0.1, -0.05) is 102 Å². The van der Waals surface area contributed by atoms with E-state index in [0.717, 1.165) is 51.4 Å². The second kappa shape index (κ2) is 31.9. The van der Waals surface area contributed by atoms with Gasteiger partial charge in [-0.3, -0.25) is 4.79 Å². The molecule has 0 aliphatic carbocycles. The van der Waals surface area contributed by atoms with Crippen molar-refractivity contribution in [3.05, 3.63) is 36.5 Å². The quantitative estimate of drug-likeness (QED) is 0.0328. The van der Waals surface area contributed by atoms with E-state index in [1.165, 1.54) is 32.1 Å². The Balaban J connectivity index is 1.58. The van der Waals surface area contributed by atoms with Crippen LogP contribution in [0.25, 0.3) is 0 Å². The molecule has 0 aromatic heterocycles. The van der Waals surface area contributed by atoms with E-state index in [-0.39, 0.29) is 18.9 Å². The molecule has 3 saturated heterocycles. The van der Waals surface area contributed by atoms with Crippen LogP contribution in [0.4, 0.5) is 0 Å². The third kappa shape index (κ3) is 18.8. The predicted molar refractivity (Wildman–Crippen MR) is 236 cm³/mol. The number of hydrogen-bond donors (Lipinski definition) is 12. The minimum absolute atomic E-state index is 0.226. The molecule has 0 aromatic carbocycles. The molecule has 0 spiro atoms. The molecule has 3 heterocycles. The van der Waals surface area contributed by atoms with Crippen molar-refractivity contribution in [1.82, 2.24) is 5.32 Å². The van der Waals surface area contributed by atoms with Crippen LogP contribution in [0.5, 0.6) is 0 Å². The lowest BCUT2D eigenvalue weighted by molar-refractivity contribution is -0.379. The van der Waals surface area contributed by atoms with Gasteiger partial charge >= 0.3 is 0 Å². The normalized spacial score (nSPS) is 34.4. The lowest BCUT2D eigenvalue weighted by Gasteiger charge is -2.48. The van der Waals surface area contributed by atoms with Gasteiger partial charge in [0, 0.05) is 6.42 Å². The van der Waals surface area contributed by atoms with Crippen molar-refractivity contribution in [1.29, 1.82) is 0 Å². The molecule has 3 rings (SSSR count). The average molecular weight is 936 g/mol. The van der Waals surface area contributed by atoms with Crippen molar-refractivity contribution < 1.29 is 89.4 Å². The van der Waals surface area contributed by atoms with Gasteiger partial charge in [-0.05, 0) is 44.9 Å². The number of hydrogen-bond acceptors (Lipinski definition) is 18. The number of aliphatic hydroxyl groups excluding tert-OH is 11. The fourth-order valence-corrected chi connectivity index (χ4v) is 7.87. The first-order chi connectivity index (χ1) is 31.3. The molecule has 65 heavy (non-hydrogen) atoms. The number of nitrogens with one attached hydrogen (secondary N) is 1. The largest absolute Gasteiger partial charge is 0.394 e. The summed E-state index contributed by atoms with van der Waals surface area (Å²) in [4.78, 5) is 13.0. The Kier molecular flexibility index (Phi) is 28.2. The zero-order valence-corrected chi connectivity index (χ0v) is 38.2. The molecule has 0 aromatic rings. The van der Waals surface area contributed by atoms with Crippen LogP contribution in [0.2, 0.25) is 0 Å². The highest BCUT2D eigenvalue weighted by Crippen LogP contribution is 2.33. The van der Waals surface area contributed by atoms with E-state index in [2.05, 4.69) is 43.5 Å². The second-order valence-corrected chi connectivity index (χ2v) is 17.2. The van der Waals surface area contributed by atoms with Gasteiger partial charge in [-0.2, -0.15) is 0 Å². The number of allylic oxidation sites excluding steroid dienone is 5. The van der Waals surface area contributed by atoms with Gasteiger partial charge in [0.1, 0.15) is 73.2 Å². The molecule has 17 atom stereocenters. The van der Waals surface area contributed by atoms with Gasteiger partial charge in [0.15, 0.2) is 18.9 Å². The standard InChI is InChI=1S/C46H81NO18/c1-3-5-7-9-10-11-12-13-14-15-16-17-18-20-21-23-30(51)29(47-34(52)24-22-19-8-6-4-2)28-60-44-40(58)37(55)42(32(26-49)62-44)65-46-41(59)38(56)43(33(27-50)63-46)64-45-39(57)36(54)35(53)31(25-48)61-45/h12-13,16-17,21,23,29-33,35-46,48-51,53-59H,3-11,14-15,18-20,22,24-28H2,1-2H3,(H,47,52)/b13-12+,17-16+,23-21+. The van der Waals surface area contributed by atoms with Gasteiger partial charge < -0.3 is 89.9 Å². The SMILES string of the molecule is CCCCCCC/C=C/CC/C=C/CC/C=C/C(O)C(COC1OC(CO)C(OC2OC(CO)C(OC3OC(CO)C(O)C(O)C3O)C(O)C2O)C(O)C1O)NC(=O)CCCCCCC. The first-order valence-electron chi connectivity index (χ1n) is 23.7. The topological polar surface area (TPSA) is 307 Å². The number of carbonyl (C=O) groups excluding carboxylic acids is 1. The molecule has 378 valence electrons. The number of carbonyl (C=O) groups is 1. The third-order valence-electron chi connectivity index (χ3n) is 11.9. The molecule has 12 N–H and O–H groups in total. The molecular formula is C46H81NO18. The van der Waals surface area contributed by atoms with Gasteiger partial charge in [0.2, 0.25) is 5.91 Å². The second-order valence-electron chi connectivity index (χ2n) is 17.2. The first kappa shape index (κ1) is 57.3. The smallest absolute Gasteiger partial charge is 0.220 e. The number of amides is 1. The van der Waals surface area contributed by atoms with E-state index in [1.807, 2.05) is 0 Å². The van der Waals surface area contributed by atoms with Crippen molar-refractivity contribution >= 4 is 5.91 Å². The summed E-state index contributed by atoms with van der Waals surface area (Å²) in [6.45, 7) is 1.51. The Morgan fingerprint density at radius 2 is 0.985 bits per heavy atom. The van der Waals surface area contributed by atoms with Crippen LogP contribution in [0.3, 0.4) is 0 Å². The molecule has 0 radical (unpaired) electrons. The van der Waals surface area contributed by atoms with E-state index in [9.17, 15) is 61.0 Å². The third-order valence-corrected chi connectivity index (χ3v) is 11.9. The monoisotopic (exact) mass is 936 g/mol. The minimum Gasteiger partial charge on any atom is -0.394 e. The highest BCUT2D eigenvalue weighted by molar-refractivity contribution is 5.76. The van der Waals surface area contributed by atoms with Crippen LogP contribution in [-0.4, -0.2) is 193 Å². The van der Waals surface area contributed by atoms with E-state index < -0.39 is 124 Å². The van der Waals surface area contributed by atoms with Crippen LogP contribution < -0.4 is 5.32 Å². The Bertz CT molecular complexity index is 1350. The summed E-state index contributed by atoms with van der Waals surface area (Å²) < 4.78 is 33.9. The molecular weight excluding hydrogens is 854 g/mol. The Morgan fingerprint density at radius 1 is 0.538 bits per heavy atom. The molecule has 3 aliphatic heterocycles. The zero-order chi connectivity index (χ0) is 47.7. The molecule has 17 unspecified atom stereocenters. The Labute approximate surface area is 383 Å². The van der Waals surface area contributed by atoms with Crippen LogP contribution >= 0.6 is 0 Å². The maximum absolute atomic E-state index is 13.0. The fraction of sp³-hybridized carbons (Fsp3) is 0.848. The maximum Gasteiger partial charge on any atom is 0.220 e. The van der Waals surface area contributed by atoms with Crippen molar-refractivity contribution in [2.75, 3.05) is 26.4 Å². The van der Waals surface area contributed by atoms with Crippen molar-refractivity contribution in [2.24, 2.45) is 0 Å². The predicted octanol–water partition coefficient (Wildman–Crippen LogP) is 0.247. The zero-order valence-electron chi connectivity index (χ0n) is 38.2. The minimum atomic E-state index is -1.98. The summed E-state index contributed by atoms with van der Waals surface area (Å²) in [6, 6.07) is -0.987. The van der Waals surface area contributed by atoms with Crippen molar-refractivity contribution in [3.8, 4) is 0 Å². The maximum atomic E-state index is 13.0. The van der Waals surface area contributed by atoms with Crippen LogP contribution in [0.1, 0.15) is 117 Å². The van der Waals surface area contributed by atoms with Gasteiger partial charge in [-0.15, -0.1) is 0 Å². The summed E-state index contributed by atoms with van der Waals surface area (Å²) >= 11 is 0. The van der Waals surface area contributed by atoms with E-state index in [1.54, 1.807) is 12.2 Å². The van der Waals surface area contributed by atoms with E-state index >= 15 is 0 Å². The molecule has 19 heteroatoms. The molecule has 3 aliphatic rings. The number of ether oxygens (including phenoxy) is 6. The molecule has 0 saturated carbocycles. The molecule has 1 amide bonds. The highest BCUT2D eigenvalue weighted by Gasteiger charge is 2.53. The summed E-state index contributed by atoms with van der Waals surface area (Å²) in [6.07, 6.45) is 0.814. The van der Waals surface area contributed by atoms with Crippen molar-refractivity contribution in [3.63, 3.8) is 0 Å². The Hall–Kier alpha value is -1.99. The highest BCUT2D eigenvalue weighted by atomic mass is 16.8. The van der Waals surface area contributed by atoms with Gasteiger partial charge in [0.25, 0.3) is 0 Å². The van der Waals surface area contributed by atoms with Crippen LogP contribution in [0.15, 0.2) is 36.5 Å². The lowest BCUT2D eigenvalue weighted by atomic mass is 9.96.